The van der Waals surface area contributed by atoms with E-state index in [1.165, 1.54) is 0 Å². The average molecular weight is 326 g/mol. The SMILES string of the molecule is CCN1C[C@@H](CN(C)C(=O)Nc2cccnc2)Oc2ccccc21. The van der Waals surface area contributed by atoms with Crippen LogP contribution in [-0.4, -0.2) is 48.7 Å². The summed E-state index contributed by atoms with van der Waals surface area (Å²) in [5.41, 5.74) is 1.79. The molecule has 0 radical (unpaired) electrons. The Morgan fingerprint density at radius 2 is 2.21 bits per heavy atom. The minimum Gasteiger partial charge on any atom is -0.485 e. The summed E-state index contributed by atoms with van der Waals surface area (Å²) in [6.45, 7) is 4.30. The number of anilines is 2. The van der Waals surface area contributed by atoms with E-state index in [2.05, 4.69) is 28.2 Å². The van der Waals surface area contributed by atoms with Crippen molar-refractivity contribution in [2.45, 2.75) is 13.0 Å². The van der Waals surface area contributed by atoms with Crippen LogP contribution in [0, 0.1) is 0 Å². The Morgan fingerprint density at radius 1 is 1.38 bits per heavy atom. The molecular formula is C18H22N4O2. The molecule has 24 heavy (non-hydrogen) atoms. The molecule has 1 aromatic heterocycles. The van der Waals surface area contributed by atoms with Gasteiger partial charge in [0.1, 0.15) is 11.9 Å². The highest BCUT2D eigenvalue weighted by molar-refractivity contribution is 5.88. The Balaban J connectivity index is 1.62. The van der Waals surface area contributed by atoms with Crippen LogP contribution in [0.5, 0.6) is 5.75 Å². The Kier molecular flexibility index (Phi) is 4.84. The molecule has 0 aliphatic carbocycles. The molecular weight excluding hydrogens is 304 g/mol. The summed E-state index contributed by atoms with van der Waals surface area (Å²) in [6.07, 6.45) is 3.23. The molecule has 1 aromatic carbocycles. The highest BCUT2D eigenvalue weighted by Gasteiger charge is 2.26. The molecule has 0 unspecified atom stereocenters. The van der Waals surface area contributed by atoms with Crippen LogP contribution in [0.1, 0.15) is 6.92 Å². The van der Waals surface area contributed by atoms with Gasteiger partial charge in [0, 0.05) is 19.8 Å². The van der Waals surface area contributed by atoms with Crippen LogP contribution in [0.15, 0.2) is 48.8 Å². The molecule has 1 N–H and O–H groups in total. The number of pyridine rings is 1. The van der Waals surface area contributed by atoms with Crippen LogP contribution in [0.25, 0.3) is 0 Å². The van der Waals surface area contributed by atoms with E-state index in [0.29, 0.717) is 12.2 Å². The van der Waals surface area contributed by atoms with Gasteiger partial charge in [0.25, 0.3) is 0 Å². The molecule has 0 bridgehead atoms. The topological polar surface area (TPSA) is 57.7 Å². The number of para-hydroxylation sites is 2. The van der Waals surface area contributed by atoms with Crippen molar-refractivity contribution in [2.75, 3.05) is 36.9 Å². The molecule has 2 heterocycles. The number of likely N-dealkylation sites (N-methyl/N-ethyl adjacent to an activating group) is 2. The minimum atomic E-state index is -0.173. The summed E-state index contributed by atoms with van der Waals surface area (Å²) >= 11 is 0. The lowest BCUT2D eigenvalue weighted by atomic mass is 10.2. The van der Waals surface area contributed by atoms with E-state index in [0.717, 1.165) is 24.5 Å². The molecule has 0 spiro atoms. The number of amides is 2. The van der Waals surface area contributed by atoms with Crippen molar-refractivity contribution in [2.24, 2.45) is 0 Å². The van der Waals surface area contributed by atoms with E-state index in [1.807, 2.05) is 24.3 Å². The Hall–Kier alpha value is -2.76. The average Bonchev–Trinajstić information content (AvgIpc) is 2.61. The maximum Gasteiger partial charge on any atom is 0.321 e. The minimum absolute atomic E-state index is 0.0653. The molecule has 2 aromatic rings. The maximum absolute atomic E-state index is 12.3. The number of hydrogen-bond acceptors (Lipinski definition) is 4. The highest BCUT2D eigenvalue weighted by atomic mass is 16.5. The third-order valence-electron chi connectivity index (χ3n) is 4.04. The van der Waals surface area contributed by atoms with Crippen molar-refractivity contribution in [3.63, 3.8) is 0 Å². The number of hydrogen-bond donors (Lipinski definition) is 1. The van der Waals surface area contributed by atoms with Gasteiger partial charge >= 0.3 is 6.03 Å². The van der Waals surface area contributed by atoms with Crippen LogP contribution in [0.2, 0.25) is 0 Å². The first-order chi connectivity index (χ1) is 11.7. The number of nitrogens with zero attached hydrogens (tertiary/aromatic N) is 3. The number of urea groups is 1. The molecule has 1 atom stereocenters. The van der Waals surface area contributed by atoms with Crippen molar-refractivity contribution in [3.05, 3.63) is 48.8 Å². The summed E-state index contributed by atoms with van der Waals surface area (Å²) < 4.78 is 6.06. The molecule has 3 rings (SSSR count). The zero-order chi connectivity index (χ0) is 16.9. The van der Waals surface area contributed by atoms with Crippen molar-refractivity contribution in [1.82, 2.24) is 9.88 Å². The van der Waals surface area contributed by atoms with Gasteiger partial charge in [-0.3, -0.25) is 4.98 Å². The molecule has 1 aliphatic rings. The lowest BCUT2D eigenvalue weighted by molar-refractivity contribution is 0.150. The van der Waals surface area contributed by atoms with Gasteiger partial charge in [-0.1, -0.05) is 12.1 Å². The molecule has 0 saturated carbocycles. The molecule has 0 fully saturated rings. The number of carbonyl (C=O) groups is 1. The van der Waals surface area contributed by atoms with E-state index < -0.39 is 0 Å². The zero-order valence-corrected chi connectivity index (χ0v) is 14.0. The number of benzene rings is 1. The van der Waals surface area contributed by atoms with Crippen molar-refractivity contribution >= 4 is 17.4 Å². The molecule has 6 nitrogen and oxygen atoms in total. The monoisotopic (exact) mass is 326 g/mol. The normalized spacial score (nSPS) is 16.1. The lowest BCUT2D eigenvalue weighted by Gasteiger charge is -2.37. The fourth-order valence-corrected chi connectivity index (χ4v) is 2.82. The Labute approximate surface area is 142 Å². The third kappa shape index (κ3) is 3.59. The second kappa shape index (κ2) is 7.21. The second-order valence-electron chi connectivity index (χ2n) is 5.80. The predicted molar refractivity (Wildman–Crippen MR) is 94.6 cm³/mol. The maximum atomic E-state index is 12.3. The smallest absolute Gasteiger partial charge is 0.321 e. The fraction of sp³-hybridized carbons (Fsp3) is 0.333. The molecule has 0 saturated heterocycles. The van der Waals surface area contributed by atoms with Gasteiger partial charge < -0.3 is 19.9 Å². The summed E-state index contributed by atoms with van der Waals surface area (Å²) in [5, 5.41) is 2.83. The zero-order valence-electron chi connectivity index (χ0n) is 14.0. The van der Waals surface area contributed by atoms with Crippen LogP contribution >= 0.6 is 0 Å². The predicted octanol–water partition coefficient (Wildman–Crippen LogP) is 2.83. The number of aromatic nitrogens is 1. The van der Waals surface area contributed by atoms with Crippen molar-refractivity contribution in [3.8, 4) is 5.75 Å². The molecule has 126 valence electrons. The summed E-state index contributed by atoms with van der Waals surface area (Å²) in [5.74, 6) is 0.872. The first-order valence-electron chi connectivity index (χ1n) is 8.10. The van der Waals surface area contributed by atoms with Crippen LogP contribution in [-0.2, 0) is 0 Å². The van der Waals surface area contributed by atoms with Gasteiger partial charge in [-0.2, -0.15) is 0 Å². The quantitative estimate of drug-likeness (QED) is 0.939. The third-order valence-corrected chi connectivity index (χ3v) is 4.04. The van der Waals surface area contributed by atoms with Gasteiger partial charge in [0.05, 0.1) is 30.7 Å². The van der Waals surface area contributed by atoms with E-state index in [4.69, 9.17) is 4.74 Å². The number of fused-ring (bicyclic) bond motifs is 1. The summed E-state index contributed by atoms with van der Waals surface area (Å²) in [6, 6.07) is 11.4. The standard InChI is InChI=1S/C18H22N4O2/c1-3-22-13-15(24-17-9-5-4-8-16(17)22)12-21(2)18(23)20-14-7-6-10-19-11-14/h4-11,15H,3,12-13H2,1-2H3,(H,20,23)/t15-/m1/s1. The second-order valence-corrected chi connectivity index (χ2v) is 5.80. The number of rotatable bonds is 4. The van der Waals surface area contributed by atoms with Crippen molar-refractivity contribution < 1.29 is 9.53 Å². The highest BCUT2D eigenvalue weighted by Crippen LogP contribution is 2.32. The fourth-order valence-electron chi connectivity index (χ4n) is 2.82. The van der Waals surface area contributed by atoms with Gasteiger partial charge in [-0.15, -0.1) is 0 Å². The van der Waals surface area contributed by atoms with Crippen LogP contribution in [0.3, 0.4) is 0 Å². The first kappa shape index (κ1) is 16.1. The van der Waals surface area contributed by atoms with Crippen LogP contribution in [0.4, 0.5) is 16.2 Å². The van der Waals surface area contributed by atoms with E-state index in [9.17, 15) is 4.79 Å². The van der Waals surface area contributed by atoms with Crippen molar-refractivity contribution in [1.29, 1.82) is 0 Å². The van der Waals surface area contributed by atoms with Gasteiger partial charge in [-0.05, 0) is 31.2 Å². The van der Waals surface area contributed by atoms with E-state index >= 15 is 0 Å². The molecule has 2 amide bonds. The van der Waals surface area contributed by atoms with E-state index in [1.54, 1.807) is 30.4 Å². The van der Waals surface area contributed by atoms with Gasteiger partial charge in [0.2, 0.25) is 0 Å². The molecule has 1 aliphatic heterocycles. The first-order valence-corrected chi connectivity index (χ1v) is 8.10. The largest absolute Gasteiger partial charge is 0.485 e. The summed E-state index contributed by atoms with van der Waals surface area (Å²) in [4.78, 5) is 20.2. The van der Waals surface area contributed by atoms with Crippen LogP contribution < -0.4 is 15.0 Å². The number of carbonyl (C=O) groups excluding carboxylic acids is 1. The van der Waals surface area contributed by atoms with E-state index in [-0.39, 0.29) is 12.1 Å². The molecule has 6 heteroatoms. The number of ether oxygens (including phenoxy) is 1. The lowest BCUT2D eigenvalue weighted by Crippen LogP contribution is -2.47. The number of nitrogens with one attached hydrogen (secondary N) is 1. The Bertz CT molecular complexity index is 692. The summed E-state index contributed by atoms with van der Waals surface area (Å²) in [7, 11) is 1.77. The van der Waals surface area contributed by atoms with Gasteiger partial charge in [-0.25, -0.2) is 4.79 Å². The Morgan fingerprint density at radius 3 is 2.96 bits per heavy atom. The van der Waals surface area contributed by atoms with Gasteiger partial charge in [0.15, 0.2) is 0 Å².